The first-order valence-corrected chi connectivity index (χ1v) is 13.4. The number of hydrogen-bond acceptors (Lipinski definition) is 6. The molecule has 6 nitrogen and oxygen atoms in total. The lowest BCUT2D eigenvalue weighted by atomic mass is 9.48. The van der Waals surface area contributed by atoms with Crippen LogP contribution in [0.2, 0.25) is 0 Å². The maximum Gasteiger partial charge on any atom is 0.266 e. The SMILES string of the molecule is COc1ccc(-n2c(SCC(=O)C34CC5CC(CC(C5)C3)C4)nc3ccccc3c2=O)cc1OC. The lowest BCUT2D eigenvalue weighted by Gasteiger charge is -2.56. The van der Waals surface area contributed by atoms with E-state index in [1.165, 1.54) is 31.0 Å². The number of para-hydroxylation sites is 1. The smallest absolute Gasteiger partial charge is 0.266 e. The molecule has 0 unspecified atom stereocenters. The van der Waals surface area contributed by atoms with Crippen molar-refractivity contribution in [3.8, 4) is 17.2 Å². The molecule has 2 aromatic carbocycles. The maximum absolute atomic E-state index is 13.7. The van der Waals surface area contributed by atoms with Gasteiger partial charge in [-0.05, 0) is 80.5 Å². The number of aromatic nitrogens is 2. The van der Waals surface area contributed by atoms with Crippen molar-refractivity contribution in [1.29, 1.82) is 0 Å². The van der Waals surface area contributed by atoms with Gasteiger partial charge in [-0.3, -0.25) is 14.2 Å². The molecule has 3 aromatic rings. The highest BCUT2D eigenvalue weighted by atomic mass is 32.2. The molecule has 182 valence electrons. The minimum absolute atomic E-state index is 0.160. The number of fused-ring (bicyclic) bond motifs is 1. The van der Waals surface area contributed by atoms with Crippen LogP contribution in [0.15, 0.2) is 52.4 Å². The molecule has 4 bridgehead atoms. The number of rotatable bonds is 7. The number of methoxy groups -OCH3 is 2. The molecule has 0 N–H and O–H groups in total. The molecule has 1 aromatic heterocycles. The van der Waals surface area contributed by atoms with E-state index in [4.69, 9.17) is 14.5 Å². The van der Waals surface area contributed by atoms with Crippen molar-refractivity contribution in [3.63, 3.8) is 0 Å². The van der Waals surface area contributed by atoms with Gasteiger partial charge < -0.3 is 9.47 Å². The molecule has 7 heteroatoms. The van der Waals surface area contributed by atoms with Gasteiger partial charge in [-0.15, -0.1) is 0 Å². The van der Waals surface area contributed by atoms with Gasteiger partial charge >= 0.3 is 0 Å². The molecule has 4 aliphatic carbocycles. The van der Waals surface area contributed by atoms with Gasteiger partial charge in [-0.1, -0.05) is 23.9 Å². The molecule has 4 fully saturated rings. The molecule has 7 rings (SSSR count). The largest absolute Gasteiger partial charge is 0.493 e. The van der Waals surface area contributed by atoms with Gasteiger partial charge in [0.2, 0.25) is 0 Å². The van der Waals surface area contributed by atoms with Crippen LogP contribution < -0.4 is 15.0 Å². The fourth-order valence-electron chi connectivity index (χ4n) is 7.14. The highest BCUT2D eigenvalue weighted by Crippen LogP contribution is 2.60. The second kappa shape index (κ2) is 8.70. The Balaban J connectivity index is 1.37. The first kappa shape index (κ1) is 22.7. The second-order valence-corrected chi connectivity index (χ2v) is 11.4. The third-order valence-corrected chi connectivity index (χ3v) is 9.27. The Morgan fingerprint density at radius 1 is 1.00 bits per heavy atom. The fraction of sp³-hybridized carbons (Fsp3) is 0.464. The van der Waals surface area contributed by atoms with E-state index in [0.29, 0.717) is 44.8 Å². The highest BCUT2D eigenvalue weighted by Gasteiger charge is 2.54. The van der Waals surface area contributed by atoms with Crippen LogP contribution in [0.4, 0.5) is 0 Å². The quantitative estimate of drug-likeness (QED) is 0.332. The lowest BCUT2D eigenvalue weighted by Crippen LogP contribution is -2.50. The molecule has 0 aliphatic heterocycles. The van der Waals surface area contributed by atoms with Crippen molar-refractivity contribution in [2.75, 3.05) is 20.0 Å². The van der Waals surface area contributed by atoms with Crippen LogP contribution in [-0.2, 0) is 4.79 Å². The molecule has 0 saturated heterocycles. The van der Waals surface area contributed by atoms with E-state index < -0.39 is 0 Å². The molecule has 0 amide bonds. The van der Waals surface area contributed by atoms with Crippen LogP contribution in [0.1, 0.15) is 38.5 Å². The Labute approximate surface area is 209 Å². The predicted octanol–water partition coefficient (Wildman–Crippen LogP) is 5.28. The van der Waals surface area contributed by atoms with E-state index in [0.717, 1.165) is 37.0 Å². The third-order valence-electron chi connectivity index (χ3n) is 8.33. The molecular weight excluding hydrogens is 460 g/mol. The van der Waals surface area contributed by atoms with Crippen molar-refractivity contribution in [2.45, 2.75) is 43.7 Å². The van der Waals surface area contributed by atoms with Gasteiger partial charge in [0.1, 0.15) is 5.78 Å². The van der Waals surface area contributed by atoms with Crippen molar-refractivity contribution >= 4 is 28.4 Å². The van der Waals surface area contributed by atoms with Crippen LogP contribution in [0, 0.1) is 23.2 Å². The molecule has 4 aliphatic rings. The minimum Gasteiger partial charge on any atom is -0.493 e. The first-order valence-electron chi connectivity index (χ1n) is 12.4. The number of benzene rings is 2. The van der Waals surface area contributed by atoms with E-state index in [1.54, 1.807) is 37.0 Å². The van der Waals surface area contributed by atoms with Crippen LogP contribution in [0.3, 0.4) is 0 Å². The Morgan fingerprint density at radius 2 is 1.66 bits per heavy atom. The Kier molecular flexibility index (Phi) is 5.63. The molecule has 35 heavy (non-hydrogen) atoms. The molecule has 0 spiro atoms. The van der Waals surface area contributed by atoms with Crippen molar-refractivity contribution in [2.24, 2.45) is 23.2 Å². The number of nitrogens with zero attached hydrogens (tertiary/aromatic N) is 2. The van der Waals surface area contributed by atoms with E-state index in [1.807, 2.05) is 24.3 Å². The van der Waals surface area contributed by atoms with Gasteiger partial charge in [0.25, 0.3) is 5.56 Å². The average Bonchev–Trinajstić information content (AvgIpc) is 2.86. The number of ketones is 1. The van der Waals surface area contributed by atoms with Crippen LogP contribution in [-0.4, -0.2) is 35.3 Å². The number of thioether (sulfide) groups is 1. The predicted molar refractivity (Wildman–Crippen MR) is 137 cm³/mol. The van der Waals surface area contributed by atoms with E-state index in [-0.39, 0.29) is 11.0 Å². The van der Waals surface area contributed by atoms with Crippen molar-refractivity contribution in [1.82, 2.24) is 9.55 Å². The summed E-state index contributed by atoms with van der Waals surface area (Å²) in [5, 5.41) is 1.07. The highest BCUT2D eigenvalue weighted by molar-refractivity contribution is 7.99. The molecule has 0 atom stereocenters. The molecule has 1 heterocycles. The monoisotopic (exact) mass is 490 g/mol. The lowest BCUT2D eigenvalue weighted by molar-refractivity contribution is -0.141. The Bertz CT molecular complexity index is 1330. The normalized spacial score (nSPS) is 26.7. The van der Waals surface area contributed by atoms with Crippen LogP contribution in [0.25, 0.3) is 16.6 Å². The van der Waals surface area contributed by atoms with E-state index in [2.05, 4.69) is 0 Å². The summed E-state index contributed by atoms with van der Waals surface area (Å²) in [5.74, 6) is 3.96. The Morgan fingerprint density at radius 3 is 2.31 bits per heavy atom. The maximum atomic E-state index is 13.7. The fourth-order valence-corrected chi connectivity index (χ4v) is 8.18. The summed E-state index contributed by atoms with van der Waals surface area (Å²) in [6.45, 7) is 0. The Hall–Kier alpha value is -2.80. The average molecular weight is 491 g/mol. The zero-order chi connectivity index (χ0) is 24.2. The van der Waals surface area contributed by atoms with Crippen molar-refractivity contribution in [3.05, 3.63) is 52.8 Å². The third kappa shape index (κ3) is 3.84. The van der Waals surface area contributed by atoms with Crippen molar-refractivity contribution < 1.29 is 14.3 Å². The topological polar surface area (TPSA) is 70.4 Å². The van der Waals surface area contributed by atoms with Gasteiger partial charge in [0.05, 0.1) is 36.6 Å². The van der Waals surface area contributed by atoms with Gasteiger partial charge in [-0.25, -0.2) is 4.98 Å². The first-order chi connectivity index (χ1) is 17.0. The number of Topliss-reactive ketones (excluding diaryl/α,β-unsaturated/α-hetero) is 1. The van der Waals surface area contributed by atoms with E-state index >= 15 is 0 Å². The summed E-state index contributed by atoms with van der Waals surface area (Å²) in [6.07, 6.45) is 7.07. The number of hydrogen-bond donors (Lipinski definition) is 0. The zero-order valence-corrected chi connectivity index (χ0v) is 21.0. The van der Waals surface area contributed by atoms with E-state index in [9.17, 15) is 9.59 Å². The summed E-state index contributed by atoms with van der Waals surface area (Å²) in [7, 11) is 3.15. The number of carbonyl (C=O) groups excluding carboxylic acids is 1. The summed E-state index contributed by atoms with van der Waals surface area (Å²) >= 11 is 1.38. The molecule has 4 saturated carbocycles. The summed E-state index contributed by atoms with van der Waals surface area (Å²) in [4.78, 5) is 32.1. The molecule has 0 radical (unpaired) electrons. The summed E-state index contributed by atoms with van der Waals surface area (Å²) < 4.78 is 12.5. The summed E-state index contributed by atoms with van der Waals surface area (Å²) in [5.41, 5.74) is 0.953. The van der Waals surface area contributed by atoms with Gasteiger partial charge in [0.15, 0.2) is 16.7 Å². The zero-order valence-electron chi connectivity index (χ0n) is 20.2. The van der Waals surface area contributed by atoms with Gasteiger partial charge in [0, 0.05) is 11.5 Å². The van der Waals surface area contributed by atoms with Crippen LogP contribution >= 0.6 is 11.8 Å². The standard InChI is InChI=1S/C28H30N2O4S/c1-33-23-8-7-20(12-24(23)34-2)30-26(32)21-5-3-4-6-22(21)29-27(30)35-16-25(31)28-13-17-9-18(14-28)11-19(10-17)15-28/h3-8,12,17-19H,9-11,13-16H2,1-2H3. The minimum atomic E-state index is -0.160. The number of carbonyl (C=O) groups is 1. The number of ether oxygens (including phenoxy) is 2. The molecular formula is C28H30N2O4S. The summed E-state index contributed by atoms with van der Waals surface area (Å²) in [6, 6.07) is 12.7. The van der Waals surface area contributed by atoms with Crippen LogP contribution in [0.5, 0.6) is 11.5 Å². The second-order valence-electron chi connectivity index (χ2n) is 10.5. The van der Waals surface area contributed by atoms with Gasteiger partial charge in [-0.2, -0.15) is 0 Å².